The molecule has 3 aromatic carbocycles. The summed E-state index contributed by atoms with van der Waals surface area (Å²) in [6.07, 6.45) is -4.71. The van der Waals surface area contributed by atoms with E-state index in [0.29, 0.717) is 11.3 Å². The molecule has 0 aliphatic heterocycles. The molecule has 1 N–H and O–H groups in total. The van der Waals surface area contributed by atoms with Crippen molar-refractivity contribution < 1.29 is 22.6 Å². The molecule has 0 aliphatic rings. The molecule has 1 unspecified atom stereocenters. The Morgan fingerprint density at radius 3 is 2.19 bits per heavy atom. The lowest BCUT2D eigenvalue weighted by Gasteiger charge is -2.18. The van der Waals surface area contributed by atoms with E-state index in [9.17, 15) is 13.2 Å². The number of halogens is 3. The van der Waals surface area contributed by atoms with Crippen molar-refractivity contribution in [1.82, 2.24) is 0 Å². The molecule has 27 heavy (non-hydrogen) atoms. The fourth-order valence-corrected chi connectivity index (χ4v) is 2.59. The summed E-state index contributed by atoms with van der Waals surface area (Å²) in [5, 5.41) is 3.26. The second-order valence-corrected chi connectivity index (χ2v) is 5.93. The van der Waals surface area contributed by atoms with Crippen LogP contribution in [0, 0.1) is 0 Å². The van der Waals surface area contributed by atoms with Gasteiger partial charge in [0.25, 0.3) is 0 Å². The zero-order valence-electron chi connectivity index (χ0n) is 14.5. The Hall–Kier alpha value is -3.15. The van der Waals surface area contributed by atoms with E-state index in [1.807, 2.05) is 61.5 Å². The van der Waals surface area contributed by atoms with Crippen molar-refractivity contribution in [1.29, 1.82) is 0 Å². The highest BCUT2D eigenvalue weighted by Gasteiger charge is 2.31. The van der Waals surface area contributed by atoms with E-state index >= 15 is 0 Å². The number of hydrogen-bond acceptors (Lipinski definition) is 3. The number of benzene rings is 3. The van der Waals surface area contributed by atoms with Crippen LogP contribution in [0.15, 0.2) is 78.9 Å². The average molecular weight is 373 g/mol. The number of rotatable bonds is 6. The minimum atomic E-state index is -4.71. The summed E-state index contributed by atoms with van der Waals surface area (Å²) >= 11 is 0. The molecule has 6 heteroatoms. The standard InChI is InChI=1S/C21H18F3NO2/c1-15(16-7-5-12-20(13-16)27-21(22,23)24)25-17-8-6-11-19(14-17)26-18-9-3-2-4-10-18/h2-15,25H,1H3. The van der Waals surface area contributed by atoms with Crippen LogP contribution < -0.4 is 14.8 Å². The van der Waals surface area contributed by atoms with Gasteiger partial charge in [-0.2, -0.15) is 0 Å². The molecule has 3 rings (SSSR count). The first kappa shape index (κ1) is 18.6. The van der Waals surface area contributed by atoms with E-state index in [-0.39, 0.29) is 11.8 Å². The molecule has 0 heterocycles. The number of alkyl halides is 3. The number of hydrogen-bond donors (Lipinski definition) is 1. The Labute approximate surface area is 155 Å². The fourth-order valence-electron chi connectivity index (χ4n) is 2.59. The van der Waals surface area contributed by atoms with Crippen LogP contribution in [0.3, 0.4) is 0 Å². The van der Waals surface area contributed by atoms with Crippen molar-refractivity contribution in [2.45, 2.75) is 19.3 Å². The first-order valence-corrected chi connectivity index (χ1v) is 8.34. The Morgan fingerprint density at radius 1 is 0.778 bits per heavy atom. The van der Waals surface area contributed by atoms with Crippen molar-refractivity contribution in [3.63, 3.8) is 0 Å². The summed E-state index contributed by atoms with van der Waals surface area (Å²) in [6, 6.07) is 22.5. The molecule has 3 nitrogen and oxygen atoms in total. The largest absolute Gasteiger partial charge is 0.573 e. The summed E-state index contributed by atoms with van der Waals surface area (Å²) in [5.74, 6) is 1.14. The first-order valence-electron chi connectivity index (χ1n) is 8.34. The van der Waals surface area contributed by atoms with Gasteiger partial charge in [0.2, 0.25) is 0 Å². The predicted molar refractivity (Wildman–Crippen MR) is 98.1 cm³/mol. The SMILES string of the molecule is CC(Nc1cccc(Oc2ccccc2)c1)c1cccc(OC(F)(F)F)c1. The fraction of sp³-hybridized carbons (Fsp3) is 0.143. The van der Waals surface area contributed by atoms with Gasteiger partial charge in [-0.1, -0.05) is 36.4 Å². The van der Waals surface area contributed by atoms with Gasteiger partial charge in [-0.15, -0.1) is 13.2 Å². The lowest BCUT2D eigenvalue weighted by molar-refractivity contribution is -0.274. The van der Waals surface area contributed by atoms with Gasteiger partial charge in [0.15, 0.2) is 0 Å². The van der Waals surface area contributed by atoms with Crippen LogP contribution in [-0.2, 0) is 0 Å². The zero-order valence-corrected chi connectivity index (χ0v) is 14.5. The topological polar surface area (TPSA) is 30.5 Å². The predicted octanol–water partition coefficient (Wildman–Crippen LogP) is 6.55. The van der Waals surface area contributed by atoms with Gasteiger partial charge in [-0.25, -0.2) is 0 Å². The number of nitrogens with one attached hydrogen (secondary N) is 1. The minimum Gasteiger partial charge on any atom is -0.457 e. The third kappa shape index (κ3) is 5.67. The molecule has 0 fully saturated rings. The van der Waals surface area contributed by atoms with Crippen LogP contribution in [0.2, 0.25) is 0 Å². The van der Waals surface area contributed by atoms with E-state index in [0.717, 1.165) is 11.4 Å². The van der Waals surface area contributed by atoms with Gasteiger partial charge in [0.05, 0.1) is 0 Å². The quantitative estimate of drug-likeness (QED) is 0.531. The molecular weight excluding hydrogens is 355 g/mol. The minimum absolute atomic E-state index is 0.228. The summed E-state index contributed by atoms with van der Waals surface area (Å²) in [4.78, 5) is 0. The highest BCUT2D eigenvalue weighted by Crippen LogP contribution is 2.29. The van der Waals surface area contributed by atoms with Crippen LogP contribution in [0.5, 0.6) is 17.2 Å². The Balaban J connectivity index is 1.70. The molecule has 3 aromatic rings. The van der Waals surface area contributed by atoms with E-state index in [1.54, 1.807) is 6.07 Å². The lowest BCUT2D eigenvalue weighted by Crippen LogP contribution is -2.17. The van der Waals surface area contributed by atoms with Crippen LogP contribution in [0.25, 0.3) is 0 Å². The van der Waals surface area contributed by atoms with Crippen molar-refractivity contribution in [2.75, 3.05) is 5.32 Å². The maximum absolute atomic E-state index is 12.4. The number of ether oxygens (including phenoxy) is 2. The maximum atomic E-state index is 12.4. The molecule has 0 radical (unpaired) electrons. The van der Waals surface area contributed by atoms with Crippen molar-refractivity contribution in [3.05, 3.63) is 84.4 Å². The van der Waals surface area contributed by atoms with Crippen molar-refractivity contribution in [3.8, 4) is 17.2 Å². The summed E-state index contributed by atoms with van der Waals surface area (Å²) in [6.45, 7) is 1.86. The Kier molecular flexibility index (Phi) is 5.54. The van der Waals surface area contributed by atoms with Gasteiger partial charge < -0.3 is 14.8 Å². The molecule has 0 aromatic heterocycles. The second-order valence-electron chi connectivity index (χ2n) is 5.93. The monoisotopic (exact) mass is 373 g/mol. The molecule has 0 saturated carbocycles. The van der Waals surface area contributed by atoms with E-state index < -0.39 is 6.36 Å². The first-order chi connectivity index (χ1) is 12.9. The normalized spacial score (nSPS) is 12.3. The summed E-state index contributed by atoms with van der Waals surface area (Å²) < 4.78 is 47.0. The lowest BCUT2D eigenvalue weighted by atomic mass is 10.1. The molecule has 0 aliphatic carbocycles. The molecule has 140 valence electrons. The summed E-state index contributed by atoms with van der Waals surface area (Å²) in [7, 11) is 0. The highest BCUT2D eigenvalue weighted by molar-refractivity contribution is 5.51. The summed E-state index contributed by atoms with van der Waals surface area (Å²) in [5.41, 5.74) is 1.46. The second kappa shape index (κ2) is 8.03. The molecule has 0 saturated heterocycles. The number of para-hydroxylation sites is 1. The van der Waals surface area contributed by atoms with Crippen LogP contribution in [0.1, 0.15) is 18.5 Å². The maximum Gasteiger partial charge on any atom is 0.573 e. The van der Waals surface area contributed by atoms with Crippen molar-refractivity contribution >= 4 is 5.69 Å². The van der Waals surface area contributed by atoms with Crippen LogP contribution in [-0.4, -0.2) is 6.36 Å². The molecule has 1 atom stereocenters. The third-order valence-electron chi connectivity index (χ3n) is 3.79. The van der Waals surface area contributed by atoms with Gasteiger partial charge >= 0.3 is 6.36 Å². The zero-order chi connectivity index (χ0) is 19.3. The molecule has 0 amide bonds. The highest BCUT2D eigenvalue weighted by atomic mass is 19.4. The molecular formula is C21H18F3NO2. The molecule has 0 bridgehead atoms. The van der Waals surface area contributed by atoms with E-state index in [4.69, 9.17) is 4.74 Å². The Bertz CT molecular complexity index is 882. The van der Waals surface area contributed by atoms with E-state index in [1.165, 1.54) is 18.2 Å². The number of anilines is 1. The van der Waals surface area contributed by atoms with Gasteiger partial charge in [0, 0.05) is 17.8 Å². The van der Waals surface area contributed by atoms with Gasteiger partial charge in [-0.05, 0) is 48.9 Å². The third-order valence-corrected chi connectivity index (χ3v) is 3.79. The van der Waals surface area contributed by atoms with Crippen molar-refractivity contribution in [2.24, 2.45) is 0 Å². The van der Waals surface area contributed by atoms with Crippen LogP contribution >= 0.6 is 0 Å². The Morgan fingerprint density at radius 2 is 1.44 bits per heavy atom. The smallest absolute Gasteiger partial charge is 0.457 e. The van der Waals surface area contributed by atoms with Gasteiger partial charge in [0.1, 0.15) is 17.2 Å². The van der Waals surface area contributed by atoms with Gasteiger partial charge in [-0.3, -0.25) is 0 Å². The van der Waals surface area contributed by atoms with E-state index in [2.05, 4.69) is 10.1 Å². The molecule has 0 spiro atoms. The average Bonchev–Trinajstić information content (AvgIpc) is 2.62. The van der Waals surface area contributed by atoms with Crippen LogP contribution in [0.4, 0.5) is 18.9 Å².